The second-order valence-corrected chi connectivity index (χ2v) is 4.38. The lowest BCUT2D eigenvalue weighted by Gasteiger charge is -2.09. The molecule has 0 aliphatic carbocycles. The molecule has 0 spiro atoms. The first-order valence-corrected chi connectivity index (χ1v) is 5.91. The number of carbonyl (C=O) groups excluding carboxylic acids is 1. The summed E-state index contributed by atoms with van der Waals surface area (Å²) in [6.07, 6.45) is 0.171. The van der Waals surface area contributed by atoms with Crippen molar-refractivity contribution in [3.8, 4) is 0 Å². The highest BCUT2D eigenvalue weighted by atomic mass is 35.5. The van der Waals surface area contributed by atoms with Gasteiger partial charge in [0.25, 0.3) is 5.91 Å². The highest BCUT2D eigenvalue weighted by Crippen LogP contribution is 2.10. The zero-order valence-electron chi connectivity index (χ0n) is 10.3. The largest absolute Gasteiger partial charge is 0.377 e. The number of pyridine rings is 1. The summed E-state index contributed by atoms with van der Waals surface area (Å²) in [6, 6.07) is 3.25. The SMILES string of the molecule is Cc1cc(C(=O)NCCOC(C)C)cc(Cl)n1. The number of amides is 1. The second kappa shape index (κ2) is 6.57. The van der Waals surface area contributed by atoms with Gasteiger partial charge in [0.15, 0.2) is 0 Å². The Morgan fingerprint density at radius 2 is 2.24 bits per heavy atom. The molecule has 1 amide bonds. The molecular weight excluding hydrogens is 240 g/mol. The van der Waals surface area contributed by atoms with Gasteiger partial charge in [0, 0.05) is 17.8 Å². The highest BCUT2D eigenvalue weighted by Gasteiger charge is 2.07. The van der Waals surface area contributed by atoms with E-state index in [0.717, 1.165) is 5.69 Å². The van der Waals surface area contributed by atoms with Crippen LogP contribution in [-0.4, -0.2) is 30.1 Å². The van der Waals surface area contributed by atoms with Crippen LogP contribution < -0.4 is 5.32 Å². The van der Waals surface area contributed by atoms with E-state index in [2.05, 4.69) is 10.3 Å². The monoisotopic (exact) mass is 256 g/mol. The Hall–Kier alpha value is -1.13. The van der Waals surface area contributed by atoms with Crippen molar-refractivity contribution in [2.24, 2.45) is 0 Å². The number of ether oxygens (including phenoxy) is 1. The van der Waals surface area contributed by atoms with Gasteiger partial charge in [-0.1, -0.05) is 11.6 Å². The molecule has 0 aliphatic rings. The predicted molar refractivity (Wildman–Crippen MR) is 67.4 cm³/mol. The van der Waals surface area contributed by atoms with E-state index in [4.69, 9.17) is 16.3 Å². The van der Waals surface area contributed by atoms with Crippen LogP contribution >= 0.6 is 11.6 Å². The third kappa shape index (κ3) is 5.15. The van der Waals surface area contributed by atoms with Crippen LogP contribution in [-0.2, 0) is 4.74 Å². The third-order valence-electron chi connectivity index (χ3n) is 2.02. The standard InChI is InChI=1S/C12H17ClN2O2/c1-8(2)17-5-4-14-12(16)10-6-9(3)15-11(13)7-10/h6-8H,4-5H2,1-3H3,(H,14,16). The molecule has 1 aromatic heterocycles. The normalized spacial score (nSPS) is 10.6. The summed E-state index contributed by atoms with van der Waals surface area (Å²) in [5.41, 5.74) is 1.24. The van der Waals surface area contributed by atoms with Gasteiger partial charge in [-0.15, -0.1) is 0 Å². The van der Waals surface area contributed by atoms with E-state index in [-0.39, 0.29) is 12.0 Å². The summed E-state index contributed by atoms with van der Waals surface area (Å²) < 4.78 is 5.32. The van der Waals surface area contributed by atoms with Gasteiger partial charge in [-0.3, -0.25) is 4.79 Å². The lowest BCUT2D eigenvalue weighted by atomic mass is 10.2. The molecule has 1 N–H and O–H groups in total. The van der Waals surface area contributed by atoms with Crippen LogP contribution in [0.15, 0.2) is 12.1 Å². The van der Waals surface area contributed by atoms with Crippen LogP contribution in [0.25, 0.3) is 0 Å². The van der Waals surface area contributed by atoms with Gasteiger partial charge < -0.3 is 10.1 Å². The summed E-state index contributed by atoms with van der Waals surface area (Å²) in [7, 11) is 0. The first-order valence-electron chi connectivity index (χ1n) is 5.53. The molecule has 0 aliphatic heterocycles. The Kier molecular flexibility index (Phi) is 5.38. The summed E-state index contributed by atoms with van der Waals surface area (Å²) >= 11 is 5.78. The van der Waals surface area contributed by atoms with Crippen LogP contribution in [0.4, 0.5) is 0 Å². The molecule has 0 unspecified atom stereocenters. The first kappa shape index (κ1) is 13.9. The van der Waals surface area contributed by atoms with Crippen molar-refractivity contribution in [2.75, 3.05) is 13.2 Å². The Morgan fingerprint density at radius 3 is 2.82 bits per heavy atom. The van der Waals surface area contributed by atoms with E-state index in [1.165, 1.54) is 0 Å². The smallest absolute Gasteiger partial charge is 0.251 e. The van der Waals surface area contributed by atoms with Crippen molar-refractivity contribution in [2.45, 2.75) is 26.9 Å². The van der Waals surface area contributed by atoms with Gasteiger partial charge in [-0.05, 0) is 32.9 Å². The number of nitrogens with zero attached hydrogens (tertiary/aromatic N) is 1. The van der Waals surface area contributed by atoms with Crippen molar-refractivity contribution in [1.82, 2.24) is 10.3 Å². The molecule has 1 heterocycles. The van der Waals surface area contributed by atoms with Gasteiger partial charge in [0.05, 0.1) is 12.7 Å². The van der Waals surface area contributed by atoms with E-state index in [9.17, 15) is 4.79 Å². The fraction of sp³-hybridized carbons (Fsp3) is 0.500. The first-order chi connectivity index (χ1) is 7.99. The van der Waals surface area contributed by atoms with Crippen LogP contribution in [0.5, 0.6) is 0 Å². The maximum absolute atomic E-state index is 11.7. The molecule has 0 radical (unpaired) electrons. The Bertz CT molecular complexity index is 374. The van der Waals surface area contributed by atoms with Crippen molar-refractivity contribution >= 4 is 17.5 Å². The molecule has 0 saturated carbocycles. The summed E-state index contributed by atoms with van der Waals surface area (Å²) in [5.74, 6) is -0.162. The molecule has 0 aromatic carbocycles. The minimum Gasteiger partial charge on any atom is -0.377 e. The van der Waals surface area contributed by atoms with E-state index < -0.39 is 0 Å². The fourth-order valence-corrected chi connectivity index (χ4v) is 1.57. The summed E-state index contributed by atoms with van der Waals surface area (Å²) in [5, 5.41) is 3.09. The Labute approximate surface area is 106 Å². The average Bonchev–Trinajstić information content (AvgIpc) is 2.22. The zero-order valence-corrected chi connectivity index (χ0v) is 11.0. The molecule has 5 heteroatoms. The van der Waals surface area contributed by atoms with Crippen molar-refractivity contribution in [3.05, 3.63) is 28.5 Å². The number of aryl methyl sites for hydroxylation is 1. The molecule has 0 bridgehead atoms. The second-order valence-electron chi connectivity index (χ2n) is 4.00. The minimum absolute atomic E-state index is 0.162. The molecule has 0 saturated heterocycles. The van der Waals surface area contributed by atoms with E-state index in [1.807, 2.05) is 13.8 Å². The molecule has 4 nitrogen and oxygen atoms in total. The third-order valence-corrected chi connectivity index (χ3v) is 2.22. The molecule has 0 atom stereocenters. The number of carbonyl (C=O) groups is 1. The molecule has 94 valence electrons. The molecule has 17 heavy (non-hydrogen) atoms. The Balaban J connectivity index is 2.47. The van der Waals surface area contributed by atoms with Crippen LogP contribution in [0.2, 0.25) is 5.15 Å². The number of hydrogen-bond donors (Lipinski definition) is 1. The number of nitrogens with one attached hydrogen (secondary N) is 1. The fourth-order valence-electron chi connectivity index (χ4n) is 1.32. The lowest BCUT2D eigenvalue weighted by molar-refractivity contribution is 0.0746. The predicted octanol–water partition coefficient (Wildman–Crippen LogP) is 2.20. The number of halogens is 1. The minimum atomic E-state index is -0.162. The topological polar surface area (TPSA) is 51.2 Å². The van der Waals surface area contributed by atoms with Gasteiger partial charge >= 0.3 is 0 Å². The molecule has 1 aromatic rings. The zero-order chi connectivity index (χ0) is 12.8. The van der Waals surface area contributed by atoms with E-state index in [1.54, 1.807) is 19.1 Å². The molecular formula is C12H17ClN2O2. The lowest BCUT2D eigenvalue weighted by Crippen LogP contribution is -2.28. The Morgan fingerprint density at radius 1 is 1.53 bits per heavy atom. The number of aromatic nitrogens is 1. The highest BCUT2D eigenvalue weighted by molar-refractivity contribution is 6.29. The molecule has 1 rings (SSSR count). The van der Waals surface area contributed by atoms with Gasteiger partial charge in [0.2, 0.25) is 0 Å². The van der Waals surface area contributed by atoms with Crippen LogP contribution in [0, 0.1) is 6.92 Å². The molecule has 0 fully saturated rings. The average molecular weight is 257 g/mol. The summed E-state index contributed by atoms with van der Waals surface area (Å²) in [4.78, 5) is 15.7. The van der Waals surface area contributed by atoms with Crippen molar-refractivity contribution in [1.29, 1.82) is 0 Å². The van der Waals surface area contributed by atoms with Gasteiger partial charge in [0.1, 0.15) is 5.15 Å². The van der Waals surface area contributed by atoms with Crippen molar-refractivity contribution in [3.63, 3.8) is 0 Å². The number of rotatable bonds is 5. The summed E-state index contributed by atoms with van der Waals surface area (Å²) in [6.45, 7) is 6.68. The maximum Gasteiger partial charge on any atom is 0.251 e. The maximum atomic E-state index is 11.7. The number of hydrogen-bond acceptors (Lipinski definition) is 3. The van der Waals surface area contributed by atoms with Crippen LogP contribution in [0.1, 0.15) is 29.9 Å². The van der Waals surface area contributed by atoms with Crippen molar-refractivity contribution < 1.29 is 9.53 Å². The van der Waals surface area contributed by atoms with E-state index >= 15 is 0 Å². The van der Waals surface area contributed by atoms with E-state index in [0.29, 0.717) is 23.9 Å². The van der Waals surface area contributed by atoms with Crippen LogP contribution in [0.3, 0.4) is 0 Å². The van der Waals surface area contributed by atoms with Gasteiger partial charge in [-0.25, -0.2) is 4.98 Å². The quantitative estimate of drug-likeness (QED) is 0.649. The van der Waals surface area contributed by atoms with Gasteiger partial charge in [-0.2, -0.15) is 0 Å².